The third kappa shape index (κ3) is 5.52. The Hall–Kier alpha value is -1.55. The number of unbranched alkanes of at least 4 members (excludes halogenated alkanes) is 7. The van der Waals surface area contributed by atoms with Crippen LogP contribution in [0.2, 0.25) is 0 Å². The molecule has 1 atom stereocenters. The summed E-state index contributed by atoms with van der Waals surface area (Å²) >= 11 is 5.46. The van der Waals surface area contributed by atoms with Crippen molar-refractivity contribution in [3.63, 3.8) is 0 Å². The van der Waals surface area contributed by atoms with Gasteiger partial charge in [-0.1, -0.05) is 51.9 Å². The minimum absolute atomic E-state index is 0.149. The van der Waals surface area contributed by atoms with Gasteiger partial charge in [-0.25, -0.2) is 0 Å². The second-order valence-corrected chi connectivity index (χ2v) is 6.69. The van der Waals surface area contributed by atoms with E-state index in [-0.39, 0.29) is 5.91 Å². The number of fused-ring (bicyclic) bond motifs is 1. The Bertz CT molecular complexity index is 574. The van der Waals surface area contributed by atoms with Crippen LogP contribution in [0.3, 0.4) is 0 Å². The Morgan fingerprint density at radius 2 is 1.79 bits per heavy atom. The minimum atomic E-state index is -0.548. The van der Waals surface area contributed by atoms with E-state index in [2.05, 4.69) is 12.2 Å². The van der Waals surface area contributed by atoms with E-state index in [9.17, 15) is 9.59 Å². The van der Waals surface area contributed by atoms with Gasteiger partial charge in [-0.15, -0.1) is 0 Å². The van der Waals surface area contributed by atoms with Gasteiger partial charge in [0, 0.05) is 5.56 Å². The van der Waals surface area contributed by atoms with Crippen molar-refractivity contribution in [1.29, 1.82) is 0 Å². The summed E-state index contributed by atoms with van der Waals surface area (Å²) in [6, 6.07) is 4.85. The molecule has 1 amide bonds. The lowest BCUT2D eigenvalue weighted by molar-refractivity contribution is -0.123. The van der Waals surface area contributed by atoms with Crippen LogP contribution in [0.4, 0.5) is 5.69 Å². The number of amides is 1. The molecule has 1 aromatic rings. The van der Waals surface area contributed by atoms with Gasteiger partial charge >= 0.3 is 0 Å². The van der Waals surface area contributed by atoms with Crippen LogP contribution < -0.4 is 10.1 Å². The van der Waals surface area contributed by atoms with Gasteiger partial charge in [0.05, 0.1) is 5.69 Å². The summed E-state index contributed by atoms with van der Waals surface area (Å²) in [5.41, 5.74) is 0.861. The molecule has 0 radical (unpaired) electrons. The van der Waals surface area contributed by atoms with E-state index in [1.165, 1.54) is 38.5 Å². The molecule has 0 saturated carbocycles. The molecule has 0 fully saturated rings. The van der Waals surface area contributed by atoms with Gasteiger partial charge < -0.3 is 10.1 Å². The minimum Gasteiger partial charge on any atom is -0.478 e. The molecule has 2 rings (SSSR count). The zero-order valence-corrected chi connectivity index (χ0v) is 15.0. The Morgan fingerprint density at radius 3 is 2.46 bits per heavy atom. The fraction of sp³-hybridized carbons (Fsp3) is 0.579. The van der Waals surface area contributed by atoms with Gasteiger partial charge in [-0.2, -0.15) is 0 Å². The van der Waals surface area contributed by atoms with Crippen molar-refractivity contribution in [3.8, 4) is 5.75 Å². The Labute approximate surface area is 148 Å². The Morgan fingerprint density at radius 1 is 1.12 bits per heavy atom. The molecule has 132 valence electrons. The second kappa shape index (κ2) is 9.67. The normalized spacial score (nSPS) is 16.2. The van der Waals surface area contributed by atoms with Crippen molar-refractivity contribution in [2.45, 2.75) is 70.8 Å². The fourth-order valence-electron chi connectivity index (χ4n) is 2.93. The summed E-state index contributed by atoms with van der Waals surface area (Å²) in [5, 5.41) is 2.26. The standard InChI is InChI=1S/C19H26ClNO3/c1-2-3-4-5-6-7-8-9-10-17-19(23)21-15-13-14(18(20)22)11-12-16(15)24-17/h11-13,17H,2-10H2,1H3,(H,21,23). The van der Waals surface area contributed by atoms with E-state index in [4.69, 9.17) is 16.3 Å². The second-order valence-electron chi connectivity index (χ2n) is 6.34. The maximum absolute atomic E-state index is 12.1. The molecule has 4 nitrogen and oxygen atoms in total. The molecule has 5 heteroatoms. The summed E-state index contributed by atoms with van der Waals surface area (Å²) < 4.78 is 5.77. The van der Waals surface area contributed by atoms with Crippen LogP contribution in [0.25, 0.3) is 0 Å². The van der Waals surface area contributed by atoms with Crippen molar-refractivity contribution in [2.75, 3.05) is 5.32 Å². The highest BCUT2D eigenvalue weighted by molar-refractivity contribution is 6.67. The molecule has 24 heavy (non-hydrogen) atoms. The van der Waals surface area contributed by atoms with Crippen LogP contribution in [0.5, 0.6) is 5.75 Å². The summed E-state index contributed by atoms with van der Waals surface area (Å²) in [7, 11) is 0. The maximum Gasteiger partial charge on any atom is 0.265 e. The van der Waals surface area contributed by atoms with E-state index in [1.807, 2.05) is 0 Å². The Kier molecular flexibility index (Phi) is 7.57. The summed E-state index contributed by atoms with van der Waals surface area (Å²) in [4.78, 5) is 23.3. The summed E-state index contributed by atoms with van der Waals surface area (Å²) in [6.45, 7) is 2.22. The molecule has 0 spiro atoms. The van der Waals surface area contributed by atoms with E-state index in [0.29, 0.717) is 17.0 Å². The first-order chi connectivity index (χ1) is 11.6. The first kappa shape index (κ1) is 18.8. The average molecular weight is 352 g/mol. The molecule has 0 aromatic heterocycles. The van der Waals surface area contributed by atoms with Gasteiger partial charge in [0.1, 0.15) is 5.75 Å². The van der Waals surface area contributed by atoms with Crippen molar-refractivity contribution < 1.29 is 14.3 Å². The van der Waals surface area contributed by atoms with Gasteiger partial charge in [-0.3, -0.25) is 9.59 Å². The van der Waals surface area contributed by atoms with Crippen molar-refractivity contribution in [1.82, 2.24) is 0 Å². The van der Waals surface area contributed by atoms with Crippen LogP contribution in [0, 0.1) is 0 Å². The van der Waals surface area contributed by atoms with E-state index >= 15 is 0 Å². The van der Waals surface area contributed by atoms with Gasteiger partial charge in [-0.05, 0) is 42.6 Å². The molecule has 0 aliphatic carbocycles. The first-order valence-corrected chi connectivity index (χ1v) is 9.31. The number of hydrogen-bond acceptors (Lipinski definition) is 3. The molecule has 1 heterocycles. The average Bonchev–Trinajstić information content (AvgIpc) is 2.57. The number of carbonyl (C=O) groups excluding carboxylic acids is 2. The monoisotopic (exact) mass is 351 g/mol. The number of halogens is 1. The van der Waals surface area contributed by atoms with Crippen LogP contribution in [-0.2, 0) is 4.79 Å². The number of hydrogen-bond donors (Lipinski definition) is 1. The predicted octanol–water partition coefficient (Wildman–Crippen LogP) is 5.30. The highest BCUT2D eigenvalue weighted by Gasteiger charge is 2.27. The van der Waals surface area contributed by atoms with E-state index < -0.39 is 11.3 Å². The number of carbonyl (C=O) groups is 2. The van der Waals surface area contributed by atoms with Crippen molar-refractivity contribution in [2.24, 2.45) is 0 Å². The molecular formula is C19H26ClNO3. The number of benzene rings is 1. The predicted molar refractivity (Wildman–Crippen MR) is 96.9 cm³/mol. The van der Waals surface area contributed by atoms with Crippen LogP contribution >= 0.6 is 11.6 Å². The number of anilines is 1. The molecule has 1 unspecified atom stereocenters. The smallest absolute Gasteiger partial charge is 0.265 e. The number of nitrogens with one attached hydrogen (secondary N) is 1. The van der Waals surface area contributed by atoms with Crippen LogP contribution in [0.15, 0.2) is 18.2 Å². The SMILES string of the molecule is CCCCCCCCCCC1Oc2ccc(C(=O)Cl)cc2NC1=O. The summed E-state index contributed by atoms with van der Waals surface area (Å²) in [6.07, 6.45) is 10.1. The van der Waals surface area contributed by atoms with E-state index in [0.717, 1.165) is 19.3 Å². The largest absolute Gasteiger partial charge is 0.478 e. The molecular weight excluding hydrogens is 326 g/mol. The molecule has 1 N–H and O–H groups in total. The van der Waals surface area contributed by atoms with Gasteiger partial charge in [0.25, 0.3) is 11.1 Å². The van der Waals surface area contributed by atoms with Crippen LogP contribution in [-0.4, -0.2) is 17.3 Å². The number of ether oxygens (including phenoxy) is 1. The molecule has 1 aliphatic rings. The topological polar surface area (TPSA) is 55.4 Å². The first-order valence-electron chi connectivity index (χ1n) is 8.93. The lowest BCUT2D eigenvalue weighted by atomic mass is 10.0. The zero-order chi connectivity index (χ0) is 17.4. The molecule has 0 saturated heterocycles. The molecule has 1 aromatic carbocycles. The molecule has 1 aliphatic heterocycles. The summed E-state index contributed by atoms with van der Waals surface area (Å²) in [5.74, 6) is 0.449. The molecule has 0 bridgehead atoms. The lowest BCUT2D eigenvalue weighted by Crippen LogP contribution is -2.36. The van der Waals surface area contributed by atoms with Crippen LogP contribution in [0.1, 0.15) is 75.1 Å². The third-order valence-corrected chi connectivity index (χ3v) is 4.56. The Balaban J connectivity index is 1.74. The van der Waals surface area contributed by atoms with Crippen molar-refractivity contribution in [3.05, 3.63) is 23.8 Å². The van der Waals surface area contributed by atoms with Gasteiger partial charge in [0.2, 0.25) is 0 Å². The van der Waals surface area contributed by atoms with E-state index in [1.54, 1.807) is 18.2 Å². The lowest BCUT2D eigenvalue weighted by Gasteiger charge is -2.26. The zero-order valence-electron chi connectivity index (χ0n) is 14.3. The fourth-order valence-corrected chi connectivity index (χ4v) is 3.04. The van der Waals surface area contributed by atoms with Crippen molar-refractivity contribution >= 4 is 28.4 Å². The third-order valence-electron chi connectivity index (χ3n) is 4.35. The number of rotatable bonds is 10. The highest BCUT2D eigenvalue weighted by atomic mass is 35.5. The van der Waals surface area contributed by atoms with Gasteiger partial charge in [0.15, 0.2) is 6.10 Å². The quantitative estimate of drug-likeness (QED) is 0.460. The highest BCUT2D eigenvalue weighted by Crippen LogP contribution is 2.32. The maximum atomic E-state index is 12.1.